The van der Waals surface area contributed by atoms with Crippen molar-refractivity contribution in [3.63, 3.8) is 0 Å². The second-order valence-electron chi connectivity index (χ2n) is 4.84. The Kier molecular flexibility index (Phi) is 4.54. The van der Waals surface area contributed by atoms with Crippen molar-refractivity contribution in [2.75, 3.05) is 5.32 Å². The molecule has 2 rings (SSSR count). The minimum Gasteiger partial charge on any atom is -0.380 e. The van der Waals surface area contributed by atoms with E-state index in [-0.39, 0.29) is 0 Å². The zero-order chi connectivity index (χ0) is 14.0. The van der Waals surface area contributed by atoms with E-state index >= 15 is 0 Å². The first kappa shape index (κ1) is 14.4. The van der Waals surface area contributed by atoms with E-state index in [1.165, 1.54) is 22.3 Å². The minimum absolute atomic E-state index is 0.736. The summed E-state index contributed by atoms with van der Waals surface area (Å²) in [5.74, 6) is 0. The molecule has 0 amide bonds. The van der Waals surface area contributed by atoms with Crippen LogP contribution in [0, 0.1) is 20.8 Å². The van der Waals surface area contributed by atoms with Crippen molar-refractivity contribution >= 4 is 33.2 Å². The van der Waals surface area contributed by atoms with Crippen molar-refractivity contribution in [3.8, 4) is 0 Å². The monoisotopic (exact) mass is 337 g/mol. The van der Waals surface area contributed by atoms with Gasteiger partial charge in [0.15, 0.2) is 0 Å². The van der Waals surface area contributed by atoms with Crippen LogP contribution in [-0.2, 0) is 6.54 Å². The molecule has 3 heteroatoms. The van der Waals surface area contributed by atoms with E-state index in [1.54, 1.807) is 0 Å². The first-order valence-corrected chi connectivity index (χ1v) is 7.40. The number of nitrogens with one attached hydrogen (secondary N) is 1. The van der Waals surface area contributed by atoms with Crippen LogP contribution in [0.1, 0.15) is 22.3 Å². The van der Waals surface area contributed by atoms with Crippen molar-refractivity contribution < 1.29 is 0 Å². The zero-order valence-electron chi connectivity index (χ0n) is 11.3. The fraction of sp³-hybridized carbons (Fsp3) is 0.250. The molecular weight excluding hydrogens is 322 g/mol. The highest BCUT2D eigenvalue weighted by molar-refractivity contribution is 9.10. The molecule has 0 heterocycles. The number of rotatable bonds is 3. The number of hydrogen-bond acceptors (Lipinski definition) is 1. The van der Waals surface area contributed by atoms with Gasteiger partial charge in [0.25, 0.3) is 0 Å². The molecule has 19 heavy (non-hydrogen) atoms. The highest BCUT2D eigenvalue weighted by Crippen LogP contribution is 2.26. The molecule has 0 fully saturated rings. The summed E-state index contributed by atoms with van der Waals surface area (Å²) < 4.78 is 0.987. The fourth-order valence-electron chi connectivity index (χ4n) is 2.03. The number of benzene rings is 2. The number of halogens is 2. The summed E-state index contributed by atoms with van der Waals surface area (Å²) >= 11 is 9.46. The average Bonchev–Trinajstić information content (AvgIpc) is 2.34. The van der Waals surface area contributed by atoms with Gasteiger partial charge in [0, 0.05) is 21.7 Å². The molecular formula is C16H17BrClN. The van der Waals surface area contributed by atoms with Gasteiger partial charge in [0.1, 0.15) is 0 Å². The lowest BCUT2D eigenvalue weighted by atomic mass is 10.0. The van der Waals surface area contributed by atoms with Gasteiger partial charge in [-0.1, -0.05) is 23.7 Å². The summed E-state index contributed by atoms with van der Waals surface area (Å²) in [6, 6.07) is 10.3. The number of anilines is 1. The first-order valence-electron chi connectivity index (χ1n) is 6.23. The molecule has 0 saturated carbocycles. The molecule has 1 nitrogen and oxygen atoms in total. The van der Waals surface area contributed by atoms with Crippen LogP contribution < -0.4 is 5.32 Å². The van der Waals surface area contributed by atoms with Crippen molar-refractivity contribution in [1.82, 2.24) is 0 Å². The molecule has 0 aliphatic carbocycles. The average molecular weight is 339 g/mol. The fourth-order valence-corrected chi connectivity index (χ4v) is 2.86. The Morgan fingerprint density at radius 3 is 2.37 bits per heavy atom. The molecule has 0 radical (unpaired) electrons. The minimum atomic E-state index is 0.736. The third kappa shape index (κ3) is 3.52. The number of hydrogen-bond donors (Lipinski definition) is 1. The lowest BCUT2D eigenvalue weighted by Crippen LogP contribution is -2.03. The Labute approximate surface area is 128 Å². The van der Waals surface area contributed by atoms with E-state index in [0.29, 0.717) is 0 Å². The standard InChI is InChI=1S/C16H17BrClN/c1-10-6-12(3)13(7-11(10)2)9-19-16-5-4-14(18)8-15(16)17/h4-8,19H,9H2,1-3H3. The van der Waals surface area contributed by atoms with E-state index in [4.69, 9.17) is 11.6 Å². The van der Waals surface area contributed by atoms with Crippen molar-refractivity contribution in [3.05, 3.63) is 62.1 Å². The van der Waals surface area contributed by atoms with Crippen LogP contribution in [0.2, 0.25) is 5.02 Å². The van der Waals surface area contributed by atoms with Gasteiger partial charge < -0.3 is 5.32 Å². The summed E-state index contributed by atoms with van der Waals surface area (Å²) in [5, 5.41) is 4.17. The highest BCUT2D eigenvalue weighted by atomic mass is 79.9. The van der Waals surface area contributed by atoms with Crippen LogP contribution in [0.5, 0.6) is 0 Å². The van der Waals surface area contributed by atoms with Gasteiger partial charge in [-0.2, -0.15) is 0 Å². The summed E-state index contributed by atoms with van der Waals surface area (Å²) in [5.41, 5.74) is 6.37. The summed E-state index contributed by atoms with van der Waals surface area (Å²) in [4.78, 5) is 0. The van der Waals surface area contributed by atoms with E-state index in [9.17, 15) is 0 Å². The molecule has 0 aliphatic heterocycles. The van der Waals surface area contributed by atoms with Crippen LogP contribution in [0.4, 0.5) is 5.69 Å². The van der Waals surface area contributed by atoms with Gasteiger partial charge in [-0.3, -0.25) is 0 Å². The Morgan fingerprint density at radius 2 is 1.68 bits per heavy atom. The Morgan fingerprint density at radius 1 is 1.00 bits per heavy atom. The smallest absolute Gasteiger partial charge is 0.0488 e. The maximum atomic E-state index is 5.94. The maximum Gasteiger partial charge on any atom is 0.0488 e. The molecule has 0 aromatic heterocycles. The summed E-state index contributed by atoms with van der Waals surface area (Å²) in [6.07, 6.45) is 0. The van der Waals surface area contributed by atoms with E-state index in [0.717, 1.165) is 21.7 Å². The first-order chi connectivity index (χ1) is 8.97. The molecule has 0 spiro atoms. The maximum absolute atomic E-state index is 5.94. The summed E-state index contributed by atoms with van der Waals surface area (Å²) in [7, 11) is 0. The molecule has 0 saturated heterocycles. The third-order valence-corrected chi connectivity index (χ3v) is 4.24. The SMILES string of the molecule is Cc1cc(C)c(CNc2ccc(Cl)cc2Br)cc1C. The second-order valence-corrected chi connectivity index (χ2v) is 6.13. The van der Waals surface area contributed by atoms with Gasteiger partial charge in [-0.25, -0.2) is 0 Å². The van der Waals surface area contributed by atoms with Crippen molar-refractivity contribution in [2.45, 2.75) is 27.3 Å². The molecule has 2 aromatic carbocycles. The third-order valence-electron chi connectivity index (χ3n) is 3.35. The van der Waals surface area contributed by atoms with Crippen LogP contribution in [0.3, 0.4) is 0 Å². The lowest BCUT2D eigenvalue weighted by molar-refractivity contribution is 1.10. The molecule has 100 valence electrons. The van der Waals surface area contributed by atoms with E-state index in [1.807, 2.05) is 18.2 Å². The van der Waals surface area contributed by atoms with Crippen LogP contribution in [-0.4, -0.2) is 0 Å². The molecule has 0 unspecified atom stereocenters. The summed E-state index contributed by atoms with van der Waals surface area (Å²) in [6.45, 7) is 7.26. The molecule has 0 aliphatic rings. The van der Waals surface area contributed by atoms with E-state index < -0.39 is 0 Å². The second kappa shape index (κ2) is 5.98. The quantitative estimate of drug-likeness (QED) is 0.763. The Hall–Kier alpha value is -0.990. The van der Waals surface area contributed by atoms with Gasteiger partial charge in [0.05, 0.1) is 0 Å². The van der Waals surface area contributed by atoms with Crippen molar-refractivity contribution in [1.29, 1.82) is 0 Å². The van der Waals surface area contributed by atoms with Crippen LogP contribution in [0.15, 0.2) is 34.8 Å². The highest BCUT2D eigenvalue weighted by Gasteiger charge is 2.04. The van der Waals surface area contributed by atoms with Gasteiger partial charge >= 0.3 is 0 Å². The lowest BCUT2D eigenvalue weighted by Gasteiger charge is -2.13. The molecule has 2 aromatic rings. The number of aryl methyl sites for hydroxylation is 3. The van der Waals surface area contributed by atoms with E-state index in [2.05, 4.69) is 54.2 Å². The molecule has 0 bridgehead atoms. The molecule has 1 N–H and O–H groups in total. The predicted molar refractivity (Wildman–Crippen MR) is 87.1 cm³/mol. The predicted octanol–water partition coefficient (Wildman–Crippen LogP) is 5.64. The van der Waals surface area contributed by atoms with Gasteiger partial charge in [-0.15, -0.1) is 0 Å². The zero-order valence-corrected chi connectivity index (χ0v) is 13.7. The van der Waals surface area contributed by atoms with Crippen LogP contribution >= 0.6 is 27.5 Å². The normalized spacial score (nSPS) is 10.6. The van der Waals surface area contributed by atoms with Gasteiger partial charge in [0.2, 0.25) is 0 Å². The molecule has 0 atom stereocenters. The Balaban J connectivity index is 2.16. The van der Waals surface area contributed by atoms with Crippen LogP contribution in [0.25, 0.3) is 0 Å². The van der Waals surface area contributed by atoms with Gasteiger partial charge in [-0.05, 0) is 77.2 Å². The van der Waals surface area contributed by atoms with Crippen molar-refractivity contribution in [2.24, 2.45) is 0 Å². The topological polar surface area (TPSA) is 12.0 Å². The largest absolute Gasteiger partial charge is 0.380 e. The Bertz CT molecular complexity index is 608.